The molecule has 0 saturated heterocycles. The maximum Gasteiger partial charge on any atom is 0.357 e. The van der Waals surface area contributed by atoms with Crippen molar-refractivity contribution in [1.29, 1.82) is 0 Å². The summed E-state index contributed by atoms with van der Waals surface area (Å²) in [6.45, 7) is 0.362. The van der Waals surface area contributed by atoms with Crippen LogP contribution in [0.4, 0.5) is 0 Å². The zero-order valence-electron chi connectivity index (χ0n) is 20.4. The summed E-state index contributed by atoms with van der Waals surface area (Å²) in [5.74, 6) is -0.804. The first-order valence-corrected chi connectivity index (χ1v) is 11.7. The van der Waals surface area contributed by atoms with Crippen LogP contribution in [-0.2, 0) is 16.1 Å². The molecule has 4 aromatic carbocycles. The fourth-order valence-corrected chi connectivity index (χ4v) is 4.27. The summed E-state index contributed by atoms with van der Waals surface area (Å²) in [5, 5.41) is 6.91. The number of para-hydroxylation sites is 1. The Bertz CT molecular complexity index is 1590. The lowest BCUT2D eigenvalue weighted by Gasteiger charge is -2.10. The van der Waals surface area contributed by atoms with E-state index in [4.69, 9.17) is 14.2 Å². The first-order chi connectivity index (χ1) is 18.1. The smallest absolute Gasteiger partial charge is 0.357 e. The quantitative estimate of drug-likeness (QED) is 0.265. The number of aromatic nitrogens is 2. The van der Waals surface area contributed by atoms with Crippen molar-refractivity contribution in [1.82, 2.24) is 9.78 Å². The van der Waals surface area contributed by atoms with E-state index in [0.29, 0.717) is 23.6 Å². The molecule has 0 aliphatic carbocycles. The van der Waals surface area contributed by atoms with Crippen LogP contribution in [0.25, 0.3) is 27.7 Å². The molecule has 0 atom stereocenters. The van der Waals surface area contributed by atoms with Crippen LogP contribution in [0.5, 0.6) is 5.75 Å². The molecular formula is C30H24N2O5. The van der Waals surface area contributed by atoms with Crippen LogP contribution in [0.2, 0.25) is 0 Å². The molecule has 0 amide bonds. The summed E-state index contributed by atoms with van der Waals surface area (Å²) in [4.78, 5) is 25.7. The third-order valence-corrected chi connectivity index (χ3v) is 6.04. The van der Waals surface area contributed by atoms with E-state index in [1.54, 1.807) is 24.3 Å². The Kier molecular flexibility index (Phi) is 6.68. The number of ether oxygens (including phenoxy) is 3. The van der Waals surface area contributed by atoms with E-state index in [0.717, 1.165) is 16.3 Å². The van der Waals surface area contributed by atoms with Gasteiger partial charge >= 0.3 is 11.9 Å². The van der Waals surface area contributed by atoms with Crippen molar-refractivity contribution in [2.75, 3.05) is 14.2 Å². The summed E-state index contributed by atoms with van der Waals surface area (Å²) in [7, 11) is 2.52. The molecule has 0 bridgehead atoms. The Hall–Kier alpha value is -4.91. The van der Waals surface area contributed by atoms with Gasteiger partial charge in [-0.2, -0.15) is 5.10 Å². The van der Waals surface area contributed by atoms with Crippen molar-refractivity contribution >= 4 is 22.7 Å². The molecule has 0 radical (unpaired) electrons. The summed E-state index contributed by atoms with van der Waals surface area (Å²) < 4.78 is 17.6. The van der Waals surface area contributed by atoms with Crippen LogP contribution < -0.4 is 4.74 Å². The van der Waals surface area contributed by atoms with E-state index >= 15 is 0 Å². The lowest BCUT2D eigenvalue weighted by Crippen LogP contribution is -2.15. The number of methoxy groups -OCH3 is 2. The zero-order valence-corrected chi connectivity index (χ0v) is 20.4. The molecule has 0 spiro atoms. The second kappa shape index (κ2) is 10.4. The van der Waals surface area contributed by atoms with E-state index in [9.17, 15) is 9.59 Å². The standard InChI is InChI=1S/C30H24N2O5/c1-35-29(33)26-27(31-32(28(26)30(34)36-2)23-14-4-3-5-15-23)21-12-9-16-24(18-21)37-19-22-13-8-11-20-10-6-7-17-25(20)22/h3-18H,19H2,1-2H3. The first-order valence-electron chi connectivity index (χ1n) is 11.7. The molecule has 0 N–H and O–H groups in total. The lowest BCUT2D eigenvalue weighted by molar-refractivity contribution is 0.0549. The molecule has 0 aliphatic rings. The summed E-state index contributed by atoms with van der Waals surface area (Å²) in [5.41, 5.74) is 2.53. The highest BCUT2D eigenvalue weighted by Crippen LogP contribution is 2.31. The van der Waals surface area contributed by atoms with Gasteiger partial charge in [-0.25, -0.2) is 14.3 Å². The number of fused-ring (bicyclic) bond motifs is 1. The van der Waals surface area contributed by atoms with Gasteiger partial charge in [0.2, 0.25) is 0 Å². The van der Waals surface area contributed by atoms with E-state index < -0.39 is 11.9 Å². The summed E-state index contributed by atoms with van der Waals surface area (Å²) >= 11 is 0. The molecule has 5 rings (SSSR count). The van der Waals surface area contributed by atoms with Gasteiger partial charge in [0, 0.05) is 5.56 Å². The van der Waals surface area contributed by atoms with E-state index in [-0.39, 0.29) is 17.0 Å². The minimum absolute atomic E-state index is 0.0161. The third kappa shape index (κ3) is 4.67. The Morgan fingerprint density at radius 3 is 2.27 bits per heavy atom. The number of benzene rings is 4. The van der Waals surface area contributed by atoms with E-state index in [1.165, 1.54) is 18.9 Å². The van der Waals surface area contributed by atoms with Crippen LogP contribution in [0.15, 0.2) is 97.1 Å². The first kappa shape index (κ1) is 23.8. The van der Waals surface area contributed by atoms with Crippen LogP contribution >= 0.6 is 0 Å². The number of carbonyl (C=O) groups is 2. The number of nitrogens with zero attached hydrogens (tertiary/aromatic N) is 2. The monoisotopic (exact) mass is 492 g/mol. The predicted molar refractivity (Wildman–Crippen MR) is 140 cm³/mol. The molecule has 7 nitrogen and oxygen atoms in total. The van der Waals surface area contributed by atoms with Gasteiger partial charge in [-0.05, 0) is 40.6 Å². The third-order valence-electron chi connectivity index (χ3n) is 6.04. The zero-order chi connectivity index (χ0) is 25.8. The topological polar surface area (TPSA) is 79.7 Å². The van der Waals surface area contributed by atoms with Crippen LogP contribution in [0.1, 0.15) is 26.4 Å². The normalized spacial score (nSPS) is 10.8. The number of carbonyl (C=O) groups excluding carboxylic acids is 2. The Morgan fingerprint density at radius 2 is 1.49 bits per heavy atom. The largest absolute Gasteiger partial charge is 0.489 e. The van der Waals surface area contributed by atoms with Gasteiger partial charge < -0.3 is 14.2 Å². The summed E-state index contributed by atoms with van der Waals surface area (Å²) in [6.07, 6.45) is 0. The van der Waals surface area contributed by atoms with Crippen LogP contribution in [0, 0.1) is 0 Å². The molecule has 37 heavy (non-hydrogen) atoms. The van der Waals surface area contributed by atoms with Gasteiger partial charge in [0.1, 0.15) is 23.6 Å². The Morgan fingerprint density at radius 1 is 0.784 bits per heavy atom. The predicted octanol–water partition coefficient (Wildman–Crippen LogP) is 5.84. The van der Waals surface area contributed by atoms with Crippen molar-refractivity contribution in [3.63, 3.8) is 0 Å². The highest BCUT2D eigenvalue weighted by atomic mass is 16.5. The van der Waals surface area contributed by atoms with Crippen molar-refractivity contribution < 1.29 is 23.8 Å². The molecule has 0 unspecified atom stereocenters. The van der Waals surface area contributed by atoms with Gasteiger partial charge in [0.15, 0.2) is 5.69 Å². The number of hydrogen-bond donors (Lipinski definition) is 0. The second-order valence-electron chi connectivity index (χ2n) is 8.26. The Balaban J connectivity index is 1.56. The highest BCUT2D eigenvalue weighted by molar-refractivity contribution is 6.06. The van der Waals surface area contributed by atoms with Gasteiger partial charge in [0.05, 0.1) is 19.9 Å². The maximum atomic E-state index is 12.9. The van der Waals surface area contributed by atoms with Gasteiger partial charge in [-0.15, -0.1) is 0 Å². The molecule has 1 heterocycles. The van der Waals surface area contributed by atoms with Crippen molar-refractivity contribution in [3.05, 3.63) is 114 Å². The molecule has 1 aromatic heterocycles. The highest BCUT2D eigenvalue weighted by Gasteiger charge is 2.31. The molecule has 0 saturated carbocycles. The Labute approximate surface area is 213 Å². The average molecular weight is 493 g/mol. The van der Waals surface area contributed by atoms with Gasteiger partial charge in [-0.1, -0.05) is 72.8 Å². The SMILES string of the molecule is COC(=O)c1c(-c2cccc(OCc3cccc4ccccc34)c2)nn(-c2ccccc2)c1C(=O)OC. The molecule has 7 heteroatoms. The van der Waals surface area contributed by atoms with Crippen LogP contribution in [-0.4, -0.2) is 35.9 Å². The van der Waals surface area contributed by atoms with Crippen molar-refractivity contribution in [2.45, 2.75) is 6.61 Å². The molecule has 184 valence electrons. The molecule has 5 aromatic rings. The molecular weight excluding hydrogens is 468 g/mol. The molecule has 0 fully saturated rings. The van der Waals surface area contributed by atoms with Crippen molar-refractivity contribution in [2.24, 2.45) is 0 Å². The number of rotatable bonds is 7. The fourth-order valence-electron chi connectivity index (χ4n) is 4.27. The summed E-state index contributed by atoms with van der Waals surface area (Å²) in [6, 6.07) is 30.5. The minimum atomic E-state index is -0.702. The molecule has 0 aliphatic heterocycles. The lowest BCUT2D eigenvalue weighted by atomic mass is 10.0. The van der Waals surface area contributed by atoms with Gasteiger partial charge in [-0.3, -0.25) is 0 Å². The van der Waals surface area contributed by atoms with Gasteiger partial charge in [0.25, 0.3) is 0 Å². The minimum Gasteiger partial charge on any atom is -0.489 e. The van der Waals surface area contributed by atoms with E-state index in [2.05, 4.69) is 23.3 Å². The van der Waals surface area contributed by atoms with E-state index in [1.807, 2.05) is 54.6 Å². The fraction of sp³-hybridized carbons (Fsp3) is 0.100. The average Bonchev–Trinajstić information content (AvgIpc) is 3.36. The maximum absolute atomic E-state index is 12.9. The van der Waals surface area contributed by atoms with Crippen LogP contribution in [0.3, 0.4) is 0 Å². The number of esters is 2. The van der Waals surface area contributed by atoms with Crippen molar-refractivity contribution in [3.8, 4) is 22.7 Å². The number of hydrogen-bond acceptors (Lipinski definition) is 6. The second-order valence-corrected chi connectivity index (χ2v) is 8.26.